The van der Waals surface area contributed by atoms with Gasteiger partial charge < -0.3 is 19.3 Å². The first-order chi connectivity index (χ1) is 17.8. The lowest BCUT2D eigenvalue weighted by Crippen LogP contribution is -2.58. The number of halogens is 1. The highest BCUT2D eigenvalue weighted by Gasteiger charge is 2.55. The molecule has 0 unspecified atom stereocenters. The molecule has 1 N–H and O–H groups in total. The Morgan fingerprint density at radius 3 is 2.46 bits per heavy atom. The van der Waals surface area contributed by atoms with Gasteiger partial charge in [0, 0.05) is 68.7 Å². The van der Waals surface area contributed by atoms with Gasteiger partial charge in [0.05, 0.1) is 5.69 Å². The number of aromatic nitrogens is 1. The van der Waals surface area contributed by atoms with Crippen LogP contribution in [0.2, 0.25) is 5.02 Å². The fourth-order valence-corrected chi connectivity index (χ4v) is 6.70. The zero-order valence-electron chi connectivity index (χ0n) is 20.6. The number of carbonyl (C=O) groups excluding carboxylic acids is 1. The van der Waals surface area contributed by atoms with E-state index in [1.54, 1.807) is 18.2 Å². The van der Waals surface area contributed by atoms with E-state index in [0.717, 1.165) is 70.8 Å². The highest BCUT2D eigenvalue weighted by molar-refractivity contribution is 7.90. The number of amides is 1. The van der Waals surface area contributed by atoms with Gasteiger partial charge in [0.1, 0.15) is 11.6 Å². The molecule has 1 aromatic heterocycles. The fraction of sp³-hybridized carbons (Fsp3) is 0.538. The largest absolute Gasteiger partial charge is 0.475 e. The van der Waals surface area contributed by atoms with E-state index in [1.807, 2.05) is 17.0 Å². The third-order valence-corrected chi connectivity index (χ3v) is 9.40. The van der Waals surface area contributed by atoms with Gasteiger partial charge in [-0.1, -0.05) is 17.7 Å². The second-order valence-corrected chi connectivity index (χ2v) is 12.7. The van der Waals surface area contributed by atoms with Crippen LogP contribution in [0.5, 0.6) is 5.75 Å². The van der Waals surface area contributed by atoms with Crippen molar-refractivity contribution in [2.75, 3.05) is 49.2 Å². The monoisotopic (exact) mass is 546 g/mol. The molecule has 37 heavy (non-hydrogen) atoms. The summed E-state index contributed by atoms with van der Waals surface area (Å²) in [6.07, 6.45) is 5.00. The molecule has 6 rings (SSSR count). The lowest BCUT2D eigenvalue weighted by Gasteiger charge is -2.53. The third kappa shape index (κ3) is 4.86. The van der Waals surface area contributed by atoms with E-state index in [4.69, 9.17) is 21.1 Å². The summed E-state index contributed by atoms with van der Waals surface area (Å²) in [5.74, 6) is 0.413. The number of pyridine rings is 1. The number of benzene rings is 1. The summed E-state index contributed by atoms with van der Waals surface area (Å²) in [4.78, 5) is 21.8. The van der Waals surface area contributed by atoms with Crippen LogP contribution in [0.25, 0.3) is 0 Å². The molecule has 2 aromatic rings. The van der Waals surface area contributed by atoms with Crippen LogP contribution in [0, 0.1) is 5.41 Å². The Morgan fingerprint density at radius 1 is 1.03 bits per heavy atom. The van der Waals surface area contributed by atoms with Gasteiger partial charge in [0.15, 0.2) is 10.6 Å². The van der Waals surface area contributed by atoms with Crippen molar-refractivity contribution in [2.24, 2.45) is 5.41 Å². The minimum absolute atomic E-state index is 0.174. The summed E-state index contributed by atoms with van der Waals surface area (Å²) in [7, 11) is -4.16. The maximum absolute atomic E-state index is 13.2. The van der Waals surface area contributed by atoms with Crippen molar-refractivity contribution in [2.45, 2.75) is 49.2 Å². The molecule has 1 aromatic carbocycles. The molecule has 1 aliphatic carbocycles. The molecule has 0 bridgehead atoms. The molecule has 4 heterocycles. The Kier molecular flexibility index (Phi) is 6.24. The quantitative estimate of drug-likeness (QED) is 0.564. The first-order valence-corrected chi connectivity index (χ1v) is 14.7. The minimum atomic E-state index is -4.16. The first kappa shape index (κ1) is 24.8. The van der Waals surface area contributed by atoms with Crippen molar-refractivity contribution < 1.29 is 22.7 Å². The molecule has 4 fully saturated rings. The predicted molar refractivity (Wildman–Crippen MR) is 140 cm³/mol. The van der Waals surface area contributed by atoms with Gasteiger partial charge in [-0.05, 0) is 49.9 Å². The lowest BCUT2D eigenvalue weighted by molar-refractivity contribution is -0.127. The molecule has 11 heteroatoms. The number of hydrogen-bond acceptors (Lipinski definition) is 8. The predicted octanol–water partition coefficient (Wildman–Crippen LogP) is 3.37. The molecule has 3 saturated heterocycles. The third-order valence-electron chi connectivity index (χ3n) is 7.93. The van der Waals surface area contributed by atoms with Crippen LogP contribution in [-0.4, -0.2) is 64.3 Å². The fourth-order valence-electron chi connectivity index (χ4n) is 5.53. The Morgan fingerprint density at radius 2 is 1.76 bits per heavy atom. The normalized spacial score (nSPS) is 22.0. The number of ether oxygens (including phenoxy) is 2. The summed E-state index contributed by atoms with van der Waals surface area (Å²) in [6.45, 7) is 5.03. The van der Waals surface area contributed by atoms with E-state index >= 15 is 0 Å². The summed E-state index contributed by atoms with van der Waals surface area (Å²) >= 11 is 6.29. The highest BCUT2D eigenvalue weighted by atomic mass is 35.5. The second kappa shape index (κ2) is 9.32. The van der Waals surface area contributed by atoms with Gasteiger partial charge in [0.2, 0.25) is 0 Å². The molecule has 1 spiro atoms. The Labute approximate surface area is 222 Å². The van der Waals surface area contributed by atoms with Crippen molar-refractivity contribution >= 4 is 39.0 Å². The molecule has 1 saturated carbocycles. The SMILES string of the molecule is O=C(NS(=O)(=O)c1cccc(N2CCCC2)n1)C1(Oc2cc(Cl)ccc2N2CC3(CCOCC3)C2)CC1. The average molecular weight is 547 g/mol. The lowest BCUT2D eigenvalue weighted by atomic mass is 9.73. The van der Waals surface area contributed by atoms with Crippen LogP contribution < -0.4 is 19.3 Å². The number of carbonyl (C=O) groups is 1. The van der Waals surface area contributed by atoms with Crippen LogP contribution >= 0.6 is 11.6 Å². The van der Waals surface area contributed by atoms with E-state index < -0.39 is 21.5 Å². The molecule has 198 valence electrons. The number of hydrogen-bond donors (Lipinski definition) is 1. The van der Waals surface area contributed by atoms with Gasteiger partial charge in [-0.3, -0.25) is 4.79 Å². The van der Waals surface area contributed by atoms with Crippen molar-refractivity contribution in [3.8, 4) is 5.75 Å². The summed E-state index contributed by atoms with van der Waals surface area (Å²) in [5, 5.41) is 0.318. The van der Waals surface area contributed by atoms with Gasteiger partial charge in [-0.25, -0.2) is 9.71 Å². The van der Waals surface area contributed by atoms with Crippen molar-refractivity contribution in [1.82, 2.24) is 9.71 Å². The van der Waals surface area contributed by atoms with Crippen molar-refractivity contribution in [3.05, 3.63) is 41.4 Å². The van der Waals surface area contributed by atoms with Crippen LogP contribution in [0.15, 0.2) is 41.4 Å². The molecule has 9 nitrogen and oxygen atoms in total. The summed E-state index contributed by atoms with van der Waals surface area (Å²) in [5.41, 5.74) is -0.127. The second-order valence-electron chi connectivity index (χ2n) is 10.6. The minimum Gasteiger partial charge on any atom is -0.475 e. The topological polar surface area (TPSA) is 101 Å². The maximum Gasteiger partial charge on any atom is 0.281 e. The van der Waals surface area contributed by atoms with Crippen LogP contribution in [0.4, 0.5) is 11.5 Å². The van der Waals surface area contributed by atoms with E-state index in [0.29, 0.717) is 29.4 Å². The summed E-state index contributed by atoms with van der Waals surface area (Å²) < 4.78 is 40.2. The molecule has 0 atom stereocenters. The first-order valence-electron chi connectivity index (χ1n) is 12.9. The zero-order chi connectivity index (χ0) is 25.7. The number of nitrogens with one attached hydrogen (secondary N) is 1. The van der Waals surface area contributed by atoms with Crippen molar-refractivity contribution in [3.63, 3.8) is 0 Å². The zero-order valence-corrected chi connectivity index (χ0v) is 22.2. The van der Waals surface area contributed by atoms with E-state index in [-0.39, 0.29) is 10.4 Å². The Hall–Kier alpha value is -2.56. The number of rotatable bonds is 7. The van der Waals surface area contributed by atoms with Gasteiger partial charge >= 0.3 is 0 Å². The molecular weight excluding hydrogens is 516 g/mol. The van der Waals surface area contributed by atoms with E-state index in [9.17, 15) is 13.2 Å². The molecule has 0 radical (unpaired) electrons. The van der Waals surface area contributed by atoms with Gasteiger partial charge in [-0.15, -0.1) is 0 Å². The Bertz CT molecular complexity index is 1300. The van der Waals surface area contributed by atoms with E-state index in [2.05, 4.69) is 14.6 Å². The maximum atomic E-state index is 13.2. The van der Waals surface area contributed by atoms with E-state index in [1.165, 1.54) is 6.07 Å². The molecule has 4 aliphatic rings. The van der Waals surface area contributed by atoms with Crippen molar-refractivity contribution in [1.29, 1.82) is 0 Å². The molecular formula is C26H31ClN4O5S. The number of sulfonamides is 1. The standard InChI is InChI=1S/C26H31ClN4O5S/c27-19-6-7-20(31-17-25(18-31)10-14-35-15-11-25)21(16-19)36-26(8-9-26)24(32)29-37(33,34)23-5-3-4-22(28-23)30-12-1-2-13-30/h3-7,16H,1-2,8-15,17-18H2,(H,29,32). The van der Waals surface area contributed by atoms with Gasteiger partial charge in [-0.2, -0.15) is 8.42 Å². The number of nitrogens with zero attached hydrogens (tertiary/aromatic N) is 3. The molecule has 3 aliphatic heterocycles. The number of anilines is 2. The summed E-state index contributed by atoms with van der Waals surface area (Å²) in [6, 6.07) is 10.3. The Balaban J connectivity index is 1.17. The molecule has 1 amide bonds. The van der Waals surface area contributed by atoms with Crippen LogP contribution in [0.1, 0.15) is 38.5 Å². The van der Waals surface area contributed by atoms with Crippen LogP contribution in [-0.2, 0) is 19.6 Å². The van der Waals surface area contributed by atoms with Gasteiger partial charge in [0.25, 0.3) is 15.9 Å². The highest BCUT2D eigenvalue weighted by Crippen LogP contribution is 2.48. The smallest absolute Gasteiger partial charge is 0.281 e. The average Bonchev–Trinajstić information content (AvgIpc) is 3.44. The van der Waals surface area contributed by atoms with Crippen LogP contribution in [0.3, 0.4) is 0 Å².